The van der Waals surface area contributed by atoms with Crippen molar-refractivity contribution in [2.75, 3.05) is 5.75 Å². The number of benzene rings is 3. The monoisotopic (exact) mass is 696 g/mol. The normalized spacial score (nSPS) is 20.0. The van der Waals surface area contributed by atoms with Gasteiger partial charge in [-0.15, -0.1) is 0 Å². The Kier molecular flexibility index (Phi) is 12.3. The predicted molar refractivity (Wildman–Crippen MR) is 208 cm³/mol. The van der Waals surface area contributed by atoms with Crippen molar-refractivity contribution in [3.8, 4) is 0 Å². The number of allylic oxidation sites excluding steroid dienone is 3. The molecule has 0 saturated carbocycles. The summed E-state index contributed by atoms with van der Waals surface area (Å²) in [6, 6.07) is 28.4. The Balaban J connectivity index is 1.76. The van der Waals surface area contributed by atoms with Crippen LogP contribution in [0, 0.1) is 24.2 Å². The molecule has 6 heteroatoms. The second-order valence-electron chi connectivity index (χ2n) is 15.5. The maximum absolute atomic E-state index is 13.1. The van der Waals surface area contributed by atoms with Crippen molar-refractivity contribution in [3.05, 3.63) is 125 Å². The minimum atomic E-state index is -3.42. The van der Waals surface area contributed by atoms with Crippen molar-refractivity contribution in [2.45, 2.75) is 97.6 Å². The van der Waals surface area contributed by atoms with Gasteiger partial charge in [0.2, 0.25) is 0 Å². The lowest BCUT2D eigenvalue weighted by Crippen LogP contribution is -2.68. The maximum atomic E-state index is 13.1. The molecule has 0 spiro atoms. The van der Waals surface area contributed by atoms with E-state index in [9.17, 15) is 13.2 Å². The highest BCUT2D eigenvalue weighted by Gasteiger charge is 2.53. The van der Waals surface area contributed by atoms with Gasteiger partial charge in [-0.25, -0.2) is 8.42 Å². The first-order valence-corrected chi connectivity index (χ1v) is 21.2. The first kappa shape index (κ1) is 38.5. The summed E-state index contributed by atoms with van der Waals surface area (Å²) >= 11 is 0. The highest BCUT2D eigenvalue weighted by atomic mass is 32.2. The Morgan fingerprint density at radius 3 is 1.98 bits per heavy atom. The first-order valence-electron chi connectivity index (χ1n) is 17.6. The fourth-order valence-electron chi connectivity index (χ4n) is 7.74. The third kappa shape index (κ3) is 8.53. The van der Waals surface area contributed by atoms with E-state index in [1.165, 1.54) is 15.9 Å². The van der Waals surface area contributed by atoms with Gasteiger partial charge in [0.05, 0.1) is 16.8 Å². The molecule has 3 aromatic carbocycles. The summed E-state index contributed by atoms with van der Waals surface area (Å²) in [5, 5.41) is 2.17. The summed E-state index contributed by atoms with van der Waals surface area (Å²) in [5.41, 5.74) is 3.75. The molecule has 3 atom stereocenters. The lowest BCUT2D eigenvalue weighted by Gasteiger charge is -2.47. The van der Waals surface area contributed by atoms with E-state index < -0.39 is 24.3 Å². The molecule has 1 aliphatic carbocycles. The Morgan fingerprint density at radius 2 is 1.49 bits per heavy atom. The molecular weight excluding hydrogens is 641 g/mol. The van der Waals surface area contributed by atoms with Crippen LogP contribution in [0.25, 0.3) is 0 Å². The molecule has 0 aliphatic heterocycles. The van der Waals surface area contributed by atoms with Crippen LogP contribution in [0.3, 0.4) is 0 Å². The van der Waals surface area contributed by atoms with E-state index in [1.54, 1.807) is 12.1 Å². The third-order valence-corrected chi connectivity index (χ3v) is 17.2. The summed E-state index contributed by atoms with van der Waals surface area (Å²) in [6.45, 7) is 19.7. The largest absolute Gasteiger partial charge is 0.397 e. The van der Waals surface area contributed by atoms with Gasteiger partial charge in [-0.05, 0) is 102 Å². The standard InChI is InChI=1S/C43H56O4SSi/c1-32(2)39-24-25-40(43(39,9)28-26-34(4)27-29-48(45,46)36-22-20-33(3)21-23-36)41(30-35(5)31-44)47-49(42(6,7)8,37-16-12-10-13-17-37)38-18-14-11-15-19-38/h10-23,25,27,30-32,39,41H,24,26,28-29H2,1-9H3/b34-27+,35-30+/t39-,41+,43-/m0/s1. The van der Waals surface area contributed by atoms with Crippen molar-refractivity contribution >= 4 is 34.8 Å². The predicted octanol–water partition coefficient (Wildman–Crippen LogP) is 9.19. The molecular formula is C43H56O4SSi. The average Bonchev–Trinajstić information content (AvgIpc) is 3.42. The van der Waals surface area contributed by atoms with E-state index in [0.717, 1.165) is 36.7 Å². The van der Waals surface area contributed by atoms with E-state index in [-0.39, 0.29) is 16.2 Å². The highest BCUT2D eigenvalue weighted by Crippen LogP contribution is 2.53. The van der Waals surface area contributed by atoms with E-state index in [0.29, 0.717) is 22.3 Å². The van der Waals surface area contributed by atoms with Crippen LogP contribution < -0.4 is 10.4 Å². The molecule has 0 amide bonds. The van der Waals surface area contributed by atoms with Crippen LogP contribution in [0.2, 0.25) is 5.04 Å². The summed E-state index contributed by atoms with van der Waals surface area (Å²) in [5.74, 6) is 0.784. The van der Waals surface area contributed by atoms with E-state index in [2.05, 4.69) is 108 Å². The smallest absolute Gasteiger partial charge is 0.262 e. The number of hydrogen-bond donors (Lipinski definition) is 0. The number of rotatable bonds is 14. The van der Waals surface area contributed by atoms with Gasteiger partial charge in [0, 0.05) is 0 Å². The lowest BCUT2D eigenvalue weighted by atomic mass is 9.66. The number of aryl methyl sites for hydroxylation is 1. The Hall–Kier alpha value is -3.32. The van der Waals surface area contributed by atoms with Crippen molar-refractivity contribution in [1.82, 2.24) is 0 Å². The molecule has 49 heavy (non-hydrogen) atoms. The Labute approximate surface area is 297 Å². The van der Waals surface area contributed by atoms with Crippen LogP contribution in [0.1, 0.15) is 80.2 Å². The van der Waals surface area contributed by atoms with E-state index in [1.807, 2.05) is 45.1 Å². The molecule has 262 valence electrons. The molecule has 0 heterocycles. The van der Waals surface area contributed by atoms with Gasteiger partial charge in [0.15, 0.2) is 9.84 Å². The molecule has 0 bridgehead atoms. The number of hydrogen-bond acceptors (Lipinski definition) is 4. The summed E-state index contributed by atoms with van der Waals surface area (Å²) in [4.78, 5) is 12.5. The minimum absolute atomic E-state index is 0.0181. The van der Waals surface area contributed by atoms with Crippen molar-refractivity contribution < 1.29 is 17.6 Å². The highest BCUT2D eigenvalue weighted by molar-refractivity contribution is 7.91. The van der Waals surface area contributed by atoms with Crippen molar-refractivity contribution in [2.24, 2.45) is 17.3 Å². The van der Waals surface area contributed by atoms with Gasteiger partial charge in [0.1, 0.15) is 6.29 Å². The minimum Gasteiger partial charge on any atom is -0.397 e. The molecule has 0 unspecified atom stereocenters. The van der Waals surface area contributed by atoms with Crippen LogP contribution in [0.5, 0.6) is 0 Å². The molecule has 4 nitrogen and oxygen atoms in total. The summed E-state index contributed by atoms with van der Waals surface area (Å²) in [6.07, 6.45) is 9.37. The topological polar surface area (TPSA) is 60.4 Å². The lowest BCUT2D eigenvalue weighted by molar-refractivity contribution is -0.104. The Bertz CT molecular complexity index is 1730. The molecule has 1 aliphatic rings. The zero-order valence-corrected chi connectivity index (χ0v) is 32.8. The molecule has 0 fully saturated rings. The van der Waals surface area contributed by atoms with Gasteiger partial charge in [0.25, 0.3) is 8.32 Å². The van der Waals surface area contributed by atoms with Gasteiger partial charge in [-0.3, -0.25) is 4.79 Å². The number of carbonyl (C=O) groups is 1. The Morgan fingerprint density at radius 1 is 0.939 bits per heavy atom. The van der Waals surface area contributed by atoms with Gasteiger partial charge >= 0.3 is 0 Å². The molecule has 0 aromatic heterocycles. The van der Waals surface area contributed by atoms with E-state index in [4.69, 9.17) is 4.43 Å². The maximum Gasteiger partial charge on any atom is 0.262 e. The number of sulfone groups is 1. The molecule has 0 N–H and O–H groups in total. The zero-order chi connectivity index (χ0) is 36.0. The molecule has 0 saturated heterocycles. The quantitative estimate of drug-likeness (QED) is 0.0730. The van der Waals surface area contributed by atoms with Crippen LogP contribution >= 0.6 is 0 Å². The summed E-state index contributed by atoms with van der Waals surface area (Å²) < 4.78 is 34.0. The zero-order valence-electron chi connectivity index (χ0n) is 31.0. The molecule has 4 rings (SSSR count). The van der Waals surface area contributed by atoms with Gasteiger partial charge in [-0.1, -0.05) is 138 Å². The fraction of sp³-hybridized carbons (Fsp3) is 0.419. The van der Waals surface area contributed by atoms with Gasteiger partial charge < -0.3 is 4.43 Å². The van der Waals surface area contributed by atoms with Crippen molar-refractivity contribution in [3.63, 3.8) is 0 Å². The van der Waals surface area contributed by atoms with Crippen LogP contribution in [-0.2, 0) is 19.1 Å². The molecule has 3 aromatic rings. The van der Waals surface area contributed by atoms with Crippen LogP contribution in [0.15, 0.2) is 125 Å². The average molecular weight is 697 g/mol. The number of aldehydes is 1. The third-order valence-electron chi connectivity index (χ3n) is 10.6. The van der Waals surface area contributed by atoms with Crippen LogP contribution in [-0.4, -0.2) is 34.9 Å². The summed E-state index contributed by atoms with van der Waals surface area (Å²) in [7, 11) is -6.39. The molecule has 0 radical (unpaired) electrons. The van der Waals surface area contributed by atoms with Crippen molar-refractivity contribution in [1.29, 1.82) is 0 Å². The number of carbonyl (C=O) groups excluding carboxylic acids is 1. The second kappa shape index (κ2) is 15.7. The SMILES string of the molecule is C/C(C=O)=C\[C@@H](O[Si](c1ccccc1)(c1ccccc1)C(C)(C)C)C1=CC[C@@H](C(C)C)[C@]1(C)CC/C(C)=C/CS(=O)(=O)c1ccc(C)cc1. The van der Waals surface area contributed by atoms with Gasteiger partial charge in [-0.2, -0.15) is 0 Å². The van der Waals surface area contributed by atoms with Crippen LogP contribution in [0.4, 0.5) is 0 Å². The second-order valence-corrected chi connectivity index (χ2v) is 21.8. The first-order chi connectivity index (χ1) is 23.0. The van der Waals surface area contributed by atoms with E-state index >= 15 is 0 Å². The fourth-order valence-corrected chi connectivity index (χ4v) is 13.6.